The summed E-state index contributed by atoms with van der Waals surface area (Å²) in [7, 11) is 0. The summed E-state index contributed by atoms with van der Waals surface area (Å²) in [6.45, 7) is 0.779. The molecule has 1 saturated heterocycles. The first-order valence-corrected chi connectivity index (χ1v) is 7.03. The smallest absolute Gasteiger partial charge is 0.237 e. The number of hydrogen-bond donors (Lipinski definition) is 2. The van der Waals surface area contributed by atoms with Crippen molar-refractivity contribution < 1.29 is 9.18 Å². The van der Waals surface area contributed by atoms with Crippen LogP contribution in [0.4, 0.5) is 4.39 Å². The molecule has 0 radical (unpaired) electrons. The first-order chi connectivity index (χ1) is 9.24. The van der Waals surface area contributed by atoms with Crippen LogP contribution >= 0.6 is 0 Å². The van der Waals surface area contributed by atoms with Gasteiger partial charge in [-0.05, 0) is 49.3 Å². The lowest BCUT2D eigenvalue weighted by molar-refractivity contribution is -0.124. The zero-order chi connectivity index (χ0) is 13.2. The molecule has 2 atom stereocenters. The van der Waals surface area contributed by atoms with Gasteiger partial charge in [0.05, 0.1) is 6.04 Å². The van der Waals surface area contributed by atoms with Gasteiger partial charge in [-0.1, -0.05) is 12.1 Å². The van der Waals surface area contributed by atoms with Gasteiger partial charge in [0.25, 0.3) is 0 Å². The maximum Gasteiger partial charge on any atom is 0.237 e. The van der Waals surface area contributed by atoms with Crippen molar-refractivity contribution in [3.05, 3.63) is 35.6 Å². The second-order valence-electron chi connectivity index (χ2n) is 5.52. The number of nitrogens with one attached hydrogen (secondary N) is 2. The van der Waals surface area contributed by atoms with Gasteiger partial charge in [0.15, 0.2) is 0 Å². The van der Waals surface area contributed by atoms with Crippen LogP contribution in [0.15, 0.2) is 24.3 Å². The third kappa shape index (κ3) is 2.95. The summed E-state index contributed by atoms with van der Waals surface area (Å²) < 4.78 is 13.0. The van der Waals surface area contributed by atoms with E-state index in [1.54, 1.807) is 0 Å². The molecule has 0 spiro atoms. The van der Waals surface area contributed by atoms with E-state index in [4.69, 9.17) is 0 Å². The lowest BCUT2D eigenvalue weighted by Crippen LogP contribution is -2.49. The van der Waals surface area contributed by atoms with Crippen molar-refractivity contribution in [1.82, 2.24) is 10.6 Å². The summed E-state index contributed by atoms with van der Waals surface area (Å²) >= 11 is 0. The standard InChI is InChI=1S/C15H19FN2O/c16-12-7-5-11(6-8-12)14(10-3-4-10)18-13-2-1-9-17-15(13)19/h5-8,10,13-14,18H,1-4,9H2,(H,17,19). The number of benzene rings is 1. The maximum absolute atomic E-state index is 13.0. The van der Waals surface area contributed by atoms with E-state index in [9.17, 15) is 9.18 Å². The molecule has 2 fully saturated rings. The quantitative estimate of drug-likeness (QED) is 0.873. The Balaban J connectivity index is 1.74. The Labute approximate surface area is 112 Å². The molecule has 3 nitrogen and oxygen atoms in total. The molecule has 1 aliphatic carbocycles. The summed E-state index contributed by atoms with van der Waals surface area (Å²) in [6.07, 6.45) is 4.27. The first-order valence-electron chi connectivity index (χ1n) is 7.03. The van der Waals surface area contributed by atoms with Crippen LogP contribution in [0.25, 0.3) is 0 Å². The Morgan fingerprint density at radius 1 is 1.21 bits per heavy atom. The highest BCUT2D eigenvalue weighted by atomic mass is 19.1. The Kier molecular flexibility index (Phi) is 3.51. The van der Waals surface area contributed by atoms with Gasteiger partial charge in [0.1, 0.15) is 5.82 Å². The molecule has 4 heteroatoms. The molecule has 0 bridgehead atoms. The lowest BCUT2D eigenvalue weighted by atomic mass is 9.98. The van der Waals surface area contributed by atoms with Gasteiger partial charge in [0.2, 0.25) is 5.91 Å². The first kappa shape index (κ1) is 12.6. The van der Waals surface area contributed by atoms with Gasteiger partial charge in [0, 0.05) is 12.6 Å². The molecule has 1 aromatic carbocycles. The van der Waals surface area contributed by atoms with E-state index in [0.29, 0.717) is 5.92 Å². The van der Waals surface area contributed by atoms with E-state index in [-0.39, 0.29) is 23.8 Å². The molecule has 1 aromatic rings. The number of halogens is 1. The van der Waals surface area contributed by atoms with Crippen molar-refractivity contribution in [2.24, 2.45) is 5.92 Å². The minimum atomic E-state index is -0.214. The summed E-state index contributed by atoms with van der Waals surface area (Å²) in [5.41, 5.74) is 1.09. The predicted molar refractivity (Wildman–Crippen MR) is 71.0 cm³/mol. The van der Waals surface area contributed by atoms with Crippen molar-refractivity contribution in [1.29, 1.82) is 0 Å². The Morgan fingerprint density at radius 2 is 1.95 bits per heavy atom. The number of amides is 1. The minimum absolute atomic E-state index is 0.0963. The molecule has 0 aromatic heterocycles. The third-order valence-electron chi connectivity index (χ3n) is 3.99. The number of rotatable bonds is 4. The van der Waals surface area contributed by atoms with E-state index in [0.717, 1.165) is 24.9 Å². The highest BCUT2D eigenvalue weighted by molar-refractivity contribution is 5.82. The number of carbonyl (C=O) groups is 1. The van der Waals surface area contributed by atoms with Gasteiger partial charge in [-0.25, -0.2) is 4.39 Å². The van der Waals surface area contributed by atoms with E-state index in [2.05, 4.69) is 10.6 Å². The normalized spacial score (nSPS) is 24.9. The van der Waals surface area contributed by atoms with Crippen LogP contribution in [0.2, 0.25) is 0 Å². The molecular formula is C15H19FN2O. The summed E-state index contributed by atoms with van der Waals surface area (Å²) in [5.74, 6) is 0.466. The average molecular weight is 262 g/mol. The van der Waals surface area contributed by atoms with Gasteiger partial charge >= 0.3 is 0 Å². The largest absolute Gasteiger partial charge is 0.355 e. The Hall–Kier alpha value is -1.42. The van der Waals surface area contributed by atoms with Gasteiger partial charge in [-0.3, -0.25) is 10.1 Å². The van der Waals surface area contributed by atoms with Crippen LogP contribution in [0.5, 0.6) is 0 Å². The third-order valence-corrected chi connectivity index (χ3v) is 3.99. The van der Waals surface area contributed by atoms with Crippen molar-refractivity contribution in [3.8, 4) is 0 Å². The van der Waals surface area contributed by atoms with Crippen molar-refractivity contribution in [2.75, 3.05) is 6.54 Å². The molecule has 2 N–H and O–H groups in total. The average Bonchev–Trinajstić information content (AvgIpc) is 3.24. The molecule has 2 aliphatic rings. The van der Waals surface area contributed by atoms with E-state index >= 15 is 0 Å². The highest BCUT2D eigenvalue weighted by Crippen LogP contribution is 2.41. The topological polar surface area (TPSA) is 41.1 Å². The highest BCUT2D eigenvalue weighted by Gasteiger charge is 2.35. The van der Waals surface area contributed by atoms with E-state index in [1.165, 1.54) is 25.0 Å². The molecular weight excluding hydrogens is 243 g/mol. The van der Waals surface area contributed by atoms with E-state index < -0.39 is 0 Å². The van der Waals surface area contributed by atoms with Crippen LogP contribution in [0.3, 0.4) is 0 Å². The Bertz CT molecular complexity index is 456. The molecule has 1 aliphatic heterocycles. The monoisotopic (exact) mass is 262 g/mol. The van der Waals surface area contributed by atoms with Crippen LogP contribution in [-0.2, 0) is 4.79 Å². The van der Waals surface area contributed by atoms with Gasteiger partial charge in [-0.15, -0.1) is 0 Å². The van der Waals surface area contributed by atoms with Crippen molar-refractivity contribution in [2.45, 2.75) is 37.8 Å². The zero-order valence-electron chi connectivity index (χ0n) is 10.9. The Morgan fingerprint density at radius 3 is 2.58 bits per heavy atom. The minimum Gasteiger partial charge on any atom is -0.355 e. The van der Waals surface area contributed by atoms with Gasteiger partial charge in [-0.2, -0.15) is 0 Å². The lowest BCUT2D eigenvalue weighted by Gasteiger charge is -2.28. The zero-order valence-corrected chi connectivity index (χ0v) is 10.9. The SMILES string of the molecule is O=C1NCCCC1NC(c1ccc(F)cc1)C1CC1. The fourth-order valence-electron chi connectivity index (χ4n) is 2.75. The molecule has 1 heterocycles. The van der Waals surface area contributed by atoms with Crippen LogP contribution in [-0.4, -0.2) is 18.5 Å². The summed E-state index contributed by atoms with van der Waals surface area (Å²) in [6, 6.07) is 6.71. The number of piperidine rings is 1. The summed E-state index contributed by atoms with van der Waals surface area (Å²) in [4.78, 5) is 11.8. The molecule has 102 valence electrons. The molecule has 2 unspecified atom stereocenters. The van der Waals surface area contributed by atoms with Gasteiger partial charge < -0.3 is 5.32 Å². The van der Waals surface area contributed by atoms with Crippen LogP contribution < -0.4 is 10.6 Å². The number of hydrogen-bond acceptors (Lipinski definition) is 2. The maximum atomic E-state index is 13.0. The van der Waals surface area contributed by atoms with Crippen LogP contribution in [0, 0.1) is 11.7 Å². The number of carbonyl (C=O) groups excluding carboxylic acids is 1. The van der Waals surface area contributed by atoms with Crippen LogP contribution in [0.1, 0.15) is 37.3 Å². The second-order valence-corrected chi connectivity index (χ2v) is 5.52. The molecule has 1 amide bonds. The van der Waals surface area contributed by atoms with Crippen molar-refractivity contribution >= 4 is 5.91 Å². The molecule has 3 rings (SSSR count). The second kappa shape index (κ2) is 5.29. The fraction of sp³-hybridized carbons (Fsp3) is 0.533. The fourth-order valence-corrected chi connectivity index (χ4v) is 2.75. The van der Waals surface area contributed by atoms with Crippen molar-refractivity contribution in [3.63, 3.8) is 0 Å². The predicted octanol–water partition coefficient (Wildman–Crippen LogP) is 2.14. The summed E-state index contributed by atoms with van der Waals surface area (Å²) in [5, 5.41) is 6.36. The van der Waals surface area contributed by atoms with E-state index in [1.807, 2.05) is 12.1 Å². The molecule has 19 heavy (non-hydrogen) atoms. The molecule has 1 saturated carbocycles.